The Morgan fingerprint density at radius 2 is 2.39 bits per heavy atom. The summed E-state index contributed by atoms with van der Waals surface area (Å²) in [5.41, 5.74) is 1.65. The van der Waals surface area contributed by atoms with Gasteiger partial charge in [0.1, 0.15) is 10.7 Å². The minimum atomic E-state index is -0.0737. The van der Waals surface area contributed by atoms with Crippen molar-refractivity contribution < 1.29 is 4.79 Å². The Morgan fingerprint density at radius 3 is 3.00 bits per heavy atom. The van der Waals surface area contributed by atoms with E-state index in [0.29, 0.717) is 12.2 Å². The largest absolute Gasteiger partial charge is 0.344 e. The van der Waals surface area contributed by atoms with Gasteiger partial charge < -0.3 is 9.88 Å². The maximum atomic E-state index is 12.0. The van der Waals surface area contributed by atoms with E-state index < -0.39 is 0 Å². The Labute approximate surface area is 118 Å². The van der Waals surface area contributed by atoms with E-state index in [1.54, 1.807) is 11.3 Å². The molecule has 0 atom stereocenters. The lowest BCUT2D eigenvalue weighted by Gasteiger charge is -2.06. The second-order valence-corrected chi connectivity index (χ2v) is 5.75. The number of halogens is 1. The lowest BCUT2D eigenvalue weighted by molar-refractivity contribution is 0.0941. The van der Waals surface area contributed by atoms with Crippen molar-refractivity contribution in [2.45, 2.75) is 26.9 Å². The quantitative estimate of drug-likeness (QED) is 0.938. The van der Waals surface area contributed by atoms with E-state index in [9.17, 15) is 4.79 Å². The molecule has 0 spiro atoms. The van der Waals surface area contributed by atoms with Gasteiger partial charge in [0.05, 0.1) is 6.54 Å². The molecule has 1 amide bonds. The molecule has 0 fully saturated rings. The fourth-order valence-corrected chi connectivity index (χ4v) is 2.83. The summed E-state index contributed by atoms with van der Waals surface area (Å²) >= 11 is 4.94. The zero-order valence-corrected chi connectivity index (χ0v) is 12.6. The van der Waals surface area contributed by atoms with Gasteiger partial charge in [0.2, 0.25) is 0 Å². The molecular weight excluding hydrogens is 314 g/mol. The average molecular weight is 328 g/mol. The van der Waals surface area contributed by atoms with Crippen molar-refractivity contribution >= 4 is 33.2 Å². The molecule has 6 heteroatoms. The van der Waals surface area contributed by atoms with Crippen molar-refractivity contribution in [3.8, 4) is 0 Å². The molecule has 2 aromatic rings. The van der Waals surface area contributed by atoms with Gasteiger partial charge in [-0.25, -0.2) is 4.98 Å². The number of carbonyl (C=O) groups excluding carboxylic acids is 1. The van der Waals surface area contributed by atoms with Crippen molar-refractivity contribution in [1.29, 1.82) is 0 Å². The van der Waals surface area contributed by atoms with Gasteiger partial charge in [-0.3, -0.25) is 4.79 Å². The third-order valence-corrected chi connectivity index (χ3v) is 3.90. The lowest BCUT2D eigenvalue weighted by Crippen LogP contribution is -2.25. The molecule has 4 nitrogen and oxygen atoms in total. The van der Waals surface area contributed by atoms with Crippen LogP contribution < -0.4 is 5.32 Å². The molecule has 2 heterocycles. The number of amides is 1. The number of nitrogens with zero attached hydrogens (tertiary/aromatic N) is 2. The number of hydrogen-bond acceptors (Lipinski definition) is 3. The van der Waals surface area contributed by atoms with Crippen molar-refractivity contribution in [3.05, 3.63) is 38.5 Å². The summed E-state index contributed by atoms with van der Waals surface area (Å²) in [7, 11) is 0. The highest BCUT2D eigenvalue weighted by molar-refractivity contribution is 9.10. The first-order valence-electron chi connectivity index (χ1n) is 5.65. The summed E-state index contributed by atoms with van der Waals surface area (Å²) in [6.45, 7) is 5.20. The Hall–Kier alpha value is -1.14. The first-order valence-corrected chi connectivity index (χ1v) is 7.32. The van der Waals surface area contributed by atoms with Crippen molar-refractivity contribution in [2.24, 2.45) is 0 Å². The van der Waals surface area contributed by atoms with Crippen LogP contribution in [0.15, 0.2) is 22.1 Å². The summed E-state index contributed by atoms with van der Waals surface area (Å²) in [5.74, 6) is -0.0737. The molecule has 0 unspecified atom stereocenters. The lowest BCUT2D eigenvalue weighted by atomic mass is 10.4. The van der Waals surface area contributed by atoms with E-state index in [2.05, 4.69) is 26.2 Å². The standard InChI is InChI=1S/C12H14BrN3OS/c1-3-16-6-9(13)4-10(16)12(17)14-5-11-15-8(2)7-18-11/h4,6-7H,3,5H2,1-2H3,(H,14,17). The average Bonchev–Trinajstić information content (AvgIpc) is 2.92. The molecular formula is C12H14BrN3OS. The smallest absolute Gasteiger partial charge is 0.268 e. The molecule has 0 aliphatic rings. The van der Waals surface area contributed by atoms with E-state index in [1.165, 1.54) is 0 Å². The van der Waals surface area contributed by atoms with Gasteiger partial charge in [0, 0.05) is 28.3 Å². The number of aryl methyl sites for hydroxylation is 2. The first kappa shape index (κ1) is 13.3. The predicted molar refractivity (Wildman–Crippen MR) is 75.8 cm³/mol. The highest BCUT2D eigenvalue weighted by atomic mass is 79.9. The molecule has 2 rings (SSSR count). The summed E-state index contributed by atoms with van der Waals surface area (Å²) in [5, 5.41) is 5.79. The summed E-state index contributed by atoms with van der Waals surface area (Å²) < 4.78 is 2.83. The normalized spacial score (nSPS) is 10.6. The highest BCUT2D eigenvalue weighted by Gasteiger charge is 2.12. The van der Waals surface area contributed by atoms with Crippen LogP contribution in [0.1, 0.15) is 28.1 Å². The van der Waals surface area contributed by atoms with Crippen LogP contribution in [0.3, 0.4) is 0 Å². The molecule has 18 heavy (non-hydrogen) atoms. The summed E-state index contributed by atoms with van der Waals surface area (Å²) in [6, 6.07) is 1.83. The number of rotatable bonds is 4. The molecule has 0 bridgehead atoms. The summed E-state index contributed by atoms with van der Waals surface area (Å²) in [6.07, 6.45) is 1.91. The van der Waals surface area contributed by atoms with E-state index >= 15 is 0 Å². The Morgan fingerprint density at radius 1 is 1.61 bits per heavy atom. The van der Waals surface area contributed by atoms with Crippen LogP contribution in [-0.2, 0) is 13.1 Å². The third kappa shape index (κ3) is 3.00. The third-order valence-electron chi connectivity index (χ3n) is 2.50. The summed E-state index contributed by atoms with van der Waals surface area (Å²) in [4.78, 5) is 16.4. The number of thiazole rings is 1. The van der Waals surface area contributed by atoms with Crippen LogP contribution in [0, 0.1) is 6.92 Å². The second kappa shape index (κ2) is 5.67. The number of hydrogen-bond donors (Lipinski definition) is 1. The van der Waals surface area contributed by atoms with Gasteiger partial charge in [-0.15, -0.1) is 11.3 Å². The fraction of sp³-hybridized carbons (Fsp3) is 0.333. The van der Waals surface area contributed by atoms with E-state index in [-0.39, 0.29) is 5.91 Å². The van der Waals surface area contributed by atoms with E-state index in [0.717, 1.165) is 21.7 Å². The van der Waals surface area contributed by atoms with Crippen molar-refractivity contribution in [3.63, 3.8) is 0 Å². The minimum absolute atomic E-state index is 0.0737. The molecule has 0 aliphatic carbocycles. The van der Waals surface area contributed by atoms with Crippen molar-refractivity contribution in [2.75, 3.05) is 0 Å². The molecule has 96 valence electrons. The van der Waals surface area contributed by atoms with Crippen LogP contribution in [0.25, 0.3) is 0 Å². The van der Waals surface area contributed by atoms with Crippen LogP contribution in [0.2, 0.25) is 0 Å². The zero-order chi connectivity index (χ0) is 13.1. The molecule has 0 radical (unpaired) electrons. The van der Waals surface area contributed by atoms with Gasteiger partial charge >= 0.3 is 0 Å². The molecule has 0 saturated carbocycles. The van der Waals surface area contributed by atoms with Crippen molar-refractivity contribution in [1.82, 2.24) is 14.9 Å². The molecule has 0 saturated heterocycles. The second-order valence-electron chi connectivity index (χ2n) is 3.89. The Balaban J connectivity index is 2.03. The Kier molecular flexibility index (Phi) is 4.19. The molecule has 2 aromatic heterocycles. The number of nitrogens with one attached hydrogen (secondary N) is 1. The molecule has 0 aliphatic heterocycles. The van der Waals surface area contributed by atoms with Gasteiger partial charge in [-0.2, -0.15) is 0 Å². The number of carbonyl (C=O) groups is 1. The van der Waals surface area contributed by atoms with Gasteiger partial charge in [-0.05, 0) is 35.8 Å². The SMILES string of the molecule is CCn1cc(Br)cc1C(=O)NCc1nc(C)cs1. The van der Waals surface area contributed by atoms with Crippen LogP contribution in [0.5, 0.6) is 0 Å². The van der Waals surface area contributed by atoms with E-state index in [1.807, 2.05) is 36.1 Å². The topological polar surface area (TPSA) is 46.9 Å². The van der Waals surface area contributed by atoms with Crippen LogP contribution in [-0.4, -0.2) is 15.5 Å². The van der Waals surface area contributed by atoms with E-state index in [4.69, 9.17) is 0 Å². The van der Waals surface area contributed by atoms with Gasteiger partial charge in [-0.1, -0.05) is 0 Å². The molecule has 1 N–H and O–H groups in total. The number of aromatic nitrogens is 2. The van der Waals surface area contributed by atoms with Gasteiger partial charge in [0.25, 0.3) is 5.91 Å². The first-order chi connectivity index (χ1) is 8.60. The fourth-order valence-electron chi connectivity index (χ4n) is 1.66. The molecule has 0 aromatic carbocycles. The van der Waals surface area contributed by atoms with Crippen LogP contribution >= 0.6 is 27.3 Å². The Bertz CT molecular complexity index is 561. The highest BCUT2D eigenvalue weighted by Crippen LogP contribution is 2.15. The monoisotopic (exact) mass is 327 g/mol. The van der Waals surface area contributed by atoms with Crippen LogP contribution in [0.4, 0.5) is 0 Å². The minimum Gasteiger partial charge on any atom is -0.344 e. The maximum absolute atomic E-state index is 12.0. The maximum Gasteiger partial charge on any atom is 0.268 e. The van der Waals surface area contributed by atoms with Gasteiger partial charge in [0.15, 0.2) is 0 Å². The predicted octanol–water partition coefficient (Wildman–Crippen LogP) is 2.97. The zero-order valence-electron chi connectivity index (χ0n) is 10.2.